The summed E-state index contributed by atoms with van der Waals surface area (Å²) in [4.78, 5) is 32.9. The molecule has 1 atom stereocenters. The highest BCUT2D eigenvalue weighted by atomic mass is 32.1. The molecule has 4 N–H and O–H groups in total. The van der Waals surface area contributed by atoms with Gasteiger partial charge >= 0.3 is 0 Å². The number of carbonyl (C=O) groups excluding carboxylic acids is 2. The summed E-state index contributed by atoms with van der Waals surface area (Å²) in [5.74, 6) is -0.157. The number of primary amides is 1. The number of aromatic amines is 1. The molecule has 2 amide bonds. The summed E-state index contributed by atoms with van der Waals surface area (Å²) in [7, 11) is 0. The van der Waals surface area contributed by atoms with Crippen molar-refractivity contribution in [1.82, 2.24) is 9.97 Å². The van der Waals surface area contributed by atoms with Gasteiger partial charge in [0.2, 0.25) is 0 Å². The van der Waals surface area contributed by atoms with Crippen molar-refractivity contribution in [3.8, 4) is 0 Å². The summed E-state index contributed by atoms with van der Waals surface area (Å²) in [5.41, 5.74) is 9.18. The van der Waals surface area contributed by atoms with Gasteiger partial charge in [-0.05, 0) is 48.9 Å². The Morgan fingerprint density at radius 3 is 3.04 bits per heavy atom. The Morgan fingerprint density at radius 1 is 1.40 bits per heavy atom. The second-order valence-electron chi connectivity index (χ2n) is 6.51. The van der Waals surface area contributed by atoms with Crippen LogP contribution in [0.5, 0.6) is 0 Å². The summed E-state index contributed by atoms with van der Waals surface area (Å²) < 4.78 is 0. The summed E-state index contributed by atoms with van der Waals surface area (Å²) in [5, 5.41) is 3.44. The maximum atomic E-state index is 12.6. The Hall–Kier alpha value is -2.67. The number of amides is 2. The van der Waals surface area contributed by atoms with Crippen molar-refractivity contribution in [3.63, 3.8) is 0 Å². The van der Waals surface area contributed by atoms with Gasteiger partial charge in [0.1, 0.15) is 5.00 Å². The number of imidazole rings is 1. The molecule has 7 heteroatoms. The molecule has 0 saturated carbocycles. The maximum absolute atomic E-state index is 12.6. The monoisotopic (exact) mass is 354 g/mol. The van der Waals surface area contributed by atoms with Gasteiger partial charge in [-0.15, -0.1) is 11.3 Å². The summed E-state index contributed by atoms with van der Waals surface area (Å²) >= 11 is 1.47. The summed E-state index contributed by atoms with van der Waals surface area (Å²) in [6.45, 7) is 2.20. The van der Waals surface area contributed by atoms with E-state index >= 15 is 0 Å². The minimum Gasteiger partial charge on any atom is -0.365 e. The van der Waals surface area contributed by atoms with Crippen molar-refractivity contribution >= 4 is 39.2 Å². The van der Waals surface area contributed by atoms with Crippen molar-refractivity contribution in [1.29, 1.82) is 0 Å². The predicted molar refractivity (Wildman–Crippen MR) is 98.1 cm³/mol. The molecule has 6 nitrogen and oxygen atoms in total. The number of nitrogens with two attached hydrogens (primary N) is 1. The number of thiophene rings is 1. The van der Waals surface area contributed by atoms with Crippen LogP contribution in [0.1, 0.15) is 44.5 Å². The average Bonchev–Trinajstić information content (AvgIpc) is 3.17. The van der Waals surface area contributed by atoms with Crippen LogP contribution in [-0.2, 0) is 12.8 Å². The second kappa shape index (κ2) is 6.00. The van der Waals surface area contributed by atoms with Crippen LogP contribution in [0.25, 0.3) is 11.0 Å². The zero-order valence-corrected chi connectivity index (χ0v) is 14.6. The average molecular weight is 354 g/mol. The van der Waals surface area contributed by atoms with Crippen LogP contribution in [0.3, 0.4) is 0 Å². The van der Waals surface area contributed by atoms with Crippen LogP contribution in [0.2, 0.25) is 0 Å². The quantitative estimate of drug-likeness (QED) is 0.673. The first-order valence-corrected chi connectivity index (χ1v) is 9.03. The number of nitrogens with zero attached hydrogens (tertiary/aromatic N) is 1. The molecule has 4 rings (SSSR count). The van der Waals surface area contributed by atoms with Crippen LogP contribution in [0.4, 0.5) is 5.00 Å². The van der Waals surface area contributed by atoms with Crippen LogP contribution in [0.15, 0.2) is 24.5 Å². The lowest BCUT2D eigenvalue weighted by Gasteiger charge is -2.18. The molecule has 1 aliphatic carbocycles. The Balaban J connectivity index is 1.67. The number of fused-ring (bicyclic) bond motifs is 2. The molecular formula is C18H18N4O2S. The van der Waals surface area contributed by atoms with Gasteiger partial charge in [-0.25, -0.2) is 4.98 Å². The SMILES string of the molecule is C[C@H]1CCc2c(sc(NC(=O)c3ccc4nc[nH]c4c3)c2C(N)=O)C1. The van der Waals surface area contributed by atoms with E-state index in [0.717, 1.165) is 40.7 Å². The van der Waals surface area contributed by atoms with E-state index in [-0.39, 0.29) is 5.91 Å². The highest BCUT2D eigenvalue weighted by molar-refractivity contribution is 7.17. The molecule has 1 aromatic carbocycles. The zero-order chi connectivity index (χ0) is 17.6. The molecule has 3 aromatic rings. The molecule has 0 bridgehead atoms. The molecule has 2 aromatic heterocycles. The van der Waals surface area contributed by atoms with E-state index in [1.165, 1.54) is 11.3 Å². The Kier molecular flexibility index (Phi) is 3.80. The number of aromatic nitrogens is 2. The number of hydrogen-bond donors (Lipinski definition) is 3. The minimum absolute atomic E-state index is 0.259. The number of anilines is 1. The molecule has 0 aliphatic heterocycles. The van der Waals surface area contributed by atoms with E-state index in [1.54, 1.807) is 24.5 Å². The Bertz CT molecular complexity index is 988. The Morgan fingerprint density at radius 2 is 2.24 bits per heavy atom. The van der Waals surface area contributed by atoms with Crippen molar-refractivity contribution in [2.75, 3.05) is 5.32 Å². The van der Waals surface area contributed by atoms with Crippen LogP contribution in [0, 0.1) is 5.92 Å². The number of rotatable bonds is 3. The van der Waals surface area contributed by atoms with Gasteiger partial charge < -0.3 is 16.0 Å². The van der Waals surface area contributed by atoms with Crippen molar-refractivity contribution < 1.29 is 9.59 Å². The molecule has 0 radical (unpaired) electrons. The maximum Gasteiger partial charge on any atom is 0.256 e. The van der Waals surface area contributed by atoms with Gasteiger partial charge in [0.15, 0.2) is 0 Å². The number of carbonyl (C=O) groups is 2. The van der Waals surface area contributed by atoms with Crippen molar-refractivity contribution in [3.05, 3.63) is 46.1 Å². The lowest BCUT2D eigenvalue weighted by atomic mass is 9.88. The number of nitrogens with one attached hydrogen (secondary N) is 2. The largest absolute Gasteiger partial charge is 0.365 e. The fourth-order valence-electron chi connectivity index (χ4n) is 3.35. The molecule has 25 heavy (non-hydrogen) atoms. The zero-order valence-electron chi connectivity index (χ0n) is 13.8. The summed E-state index contributed by atoms with van der Waals surface area (Å²) in [6, 6.07) is 5.26. The van der Waals surface area contributed by atoms with Gasteiger partial charge in [0.05, 0.1) is 22.9 Å². The predicted octanol–water partition coefficient (Wildman–Crippen LogP) is 3.10. The van der Waals surface area contributed by atoms with Gasteiger partial charge in [-0.2, -0.15) is 0 Å². The van der Waals surface area contributed by atoms with Gasteiger partial charge in [-0.3, -0.25) is 9.59 Å². The van der Waals surface area contributed by atoms with E-state index in [9.17, 15) is 9.59 Å². The third-order valence-corrected chi connectivity index (χ3v) is 5.84. The highest BCUT2D eigenvalue weighted by Crippen LogP contribution is 2.39. The number of benzene rings is 1. The summed E-state index contributed by atoms with van der Waals surface area (Å²) in [6.07, 6.45) is 4.39. The smallest absolute Gasteiger partial charge is 0.256 e. The standard InChI is InChI=1S/C18H18N4O2S/c1-9-2-4-11-14(6-9)25-18(15(11)16(19)23)22-17(24)10-3-5-12-13(7-10)21-8-20-12/h3,5,7-9H,2,4,6H2,1H3,(H2,19,23)(H,20,21)(H,22,24)/t9-/m0/s1. The van der Waals surface area contributed by atoms with Gasteiger partial charge in [0, 0.05) is 10.4 Å². The molecule has 128 valence electrons. The van der Waals surface area contributed by atoms with Crippen molar-refractivity contribution in [2.45, 2.75) is 26.2 Å². The molecular weight excluding hydrogens is 336 g/mol. The van der Waals surface area contributed by atoms with Crippen molar-refractivity contribution in [2.24, 2.45) is 11.7 Å². The second-order valence-corrected chi connectivity index (χ2v) is 7.61. The lowest BCUT2D eigenvalue weighted by Crippen LogP contribution is -2.19. The molecule has 0 fully saturated rings. The van der Waals surface area contributed by atoms with E-state index in [2.05, 4.69) is 22.2 Å². The van der Waals surface area contributed by atoms with Gasteiger partial charge in [-0.1, -0.05) is 6.92 Å². The topological polar surface area (TPSA) is 101 Å². The van der Waals surface area contributed by atoms with E-state index < -0.39 is 5.91 Å². The third kappa shape index (κ3) is 2.80. The number of H-pyrrole nitrogens is 1. The fourth-order valence-corrected chi connectivity index (χ4v) is 4.76. The van der Waals surface area contributed by atoms with E-state index in [4.69, 9.17) is 5.73 Å². The molecule has 2 heterocycles. The molecule has 0 saturated heterocycles. The fraction of sp³-hybridized carbons (Fsp3) is 0.278. The third-order valence-electron chi connectivity index (χ3n) is 4.67. The van der Waals surface area contributed by atoms with Crippen LogP contribution < -0.4 is 11.1 Å². The first-order chi connectivity index (χ1) is 12.0. The molecule has 0 spiro atoms. The lowest BCUT2D eigenvalue weighted by molar-refractivity contribution is 0.1000. The highest BCUT2D eigenvalue weighted by Gasteiger charge is 2.27. The Labute approximate surface area is 148 Å². The first kappa shape index (κ1) is 15.8. The molecule has 1 aliphatic rings. The minimum atomic E-state index is -0.480. The van der Waals surface area contributed by atoms with E-state index in [0.29, 0.717) is 22.0 Å². The van der Waals surface area contributed by atoms with E-state index in [1.807, 2.05) is 0 Å². The number of hydrogen-bond acceptors (Lipinski definition) is 4. The van der Waals surface area contributed by atoms with Crippen LogP contribution in [-0.4, -0.2) is 21.8 Å². The van der Waals surface area contributed by atoms with Gasteiger partial charge in [0.25, 0.3) is 11.8 Å². The normalized spacial score (nSPS) is 16.6. The first-order valence-electron chi connectivity index (χ1n) is 8.21. The van der Waals surface area contributed by atoms with Crippen LogP contribution >= 0.6 is 11.3 Å². The molecule has 0 unspecified atom stereocenters.